The lowest BCUT2D eigenvalue weighted by Gasteiger charge is -2.07. The van der Waals surface area contributed by atoms with Gasteiger partial charge in [-0.2, -0.15) is 0 Å². The molecule has 0 aliphatic heterocycles. The number of rotatable bonds is 12. The topological polar surface area (TPSA) is 52.6 Å². The molecule has 0 aromatic rings. The van der Waals surface area contributed by atoms with Crippen LogP contribution in [0.15, 0.2) is 0 Å². The van der Waals surface area contributed by atoms with E-state index in [1.807, 2.05) is 13.8 Å². The first kappa shape index (κ1) is 21.4. The summed E-state index contributed by atoms with van der Waals surface area (Å²) >= 11 is 4.12. The van der Waals surface area contributed by atoms with Crippen molar-refractivity contribution in [2.24, 2.45) is 0 Å². The fourth-order valence-corrected chi connectivity index (χ4v) is 2.02. The maximum absolute atomic E-state index is 11.2. The van der Waals surface area contributed by atoms with Crippen molar-refractivity contribution in [1.82, 2.24) is 0 Å². The standard InChI is InChI=1S/C15H26I2O4/c1-12(16)14(18)20-10-8-6-4-3-5-7-9-11-21-15(19)13(2)17/h12-13H,3-11H2,1-2H3. The van der Waals surface area contributed by atoms with Crippen LogP contribution in [-0.4, -0.2) is 33.0 Å². The lowest BCUT2D eigenvalue weighted by atomic mass is 10.1. The first-order valence-corrected chi connectivity index (χ1v) is 10.1. The summed E-state index contributed by atoms with van der Waals surface area (Å²) in [6.45, 7) is 4.75. The monoisotopic (exact) mass is 524 g/mol. The maximum Gasteiger partial charge on any atom is 0.318 e. The Morgan fingerprint density at radius 1 is 0.714 bits per heavy atom. The van der Waals surface area contributed by atoms with Gasteiger partial charge in [0.15, 0.2) is 0 Å². The fraction of sp³-hybridized carbons (Fsp3) is 0.867. The highest BCUT2D eigenvalue weighted by atomic mass is 127. The first-order valence-electron chi connectivity index (χ1n) is 7.56. The highest BCUT2D eigenvalue weighted by molar-refractivity contribution is 14.1. The summed E-state index contributed by atoms with van der Waals surface area (Å²) < 4.78 is 10.1. The number of ether oxygens (including phenoxy) is 2. The van der Waals surface area contributed by atoms with Gasteiger partial charge >= 0.3 is 11.9 Å². The van der Waals surface area contributed by atoms with Crippen molar-refractivity contribution in [2.75, 3.05) is 13.2 Å². The molecule has 124 valence electrons. The van der Waals surface area contributed by atoms with Crippen LogP contribution >= 0.6 is 45.2 Å². The van der Waals surface area contributed by atoms with Gasteiger partial charge in [0.2, 0.25) is 0 Å². The van der Waals surface area contributed by atoms with Crippen LogP contribution in [0.1, 0.15) is 58.8 Å². The molecule has 0 aromatic heterocycles. The van der Waals surface area contributed by atoms with Crippen LogP contribution < -0.4 is 0 Å². The molecule has 6 heteroatoms. The molecule has 2 unspecified atom stereocenters. The van der Waals surface area contributed by atoms with Crippen molar-refractivity contribution >= 4 is 57.1 Å². The van der Waals surface area contributed by atoms with Crippen LogP contribution in [0, 0.1) is 0 Å². The Bertz CT molecular complexity index is 265. The molecule has 0 aliphatic carbocycles. The Balaban J connectivity index is 3.20. The van der Waals surface area contributed by atoms with E-state index in [-0.39, 0.29) is 19.8 Å². The zero-order valence-electron chi connectivity index (χ0n) is 12.9. The van der Waals surface area contributed by atoms with Gasteiger partial charge < -0.3 is 9.47 Å². The van der Waals surface area contributed by atoms with Crippen molar-refractivity contribution in [1.29, 1.82) is 0 Å². The maximum atomic E-state index is 11.2. The van der Waals surface area contributed by atoms with E-state index < -0.39 is 0 Å². The third-order valence-electron chi connectivity index (χ3n) is 2.93. The number of esters is 2. The van der Waals surface area contributed by atoms with E-state index in [2.05, 4.69) is 45.2 Å². The van der Waals surface area contributed by atoms with Crippen LogP contribution in [0.4, 0.5) is 0 Å². The van der Waals surface area contributed by atoms with E-state index in [9.17, 15) is 9.59 Å². The molecule has 0 N–H and O–H groups in total. The summed E-state index contributed by atoms with van der Waals surface area (Å²) in [6.07, 6.45) is 7.62. The molecule has 0 fully saturated rings. The summed E-state index contributed by atoms with van der Waals surface area (Å²) in [5.41, 5.74) is 0. The number of halogens is 2. The Morgan fingerprint density at radius 2 is 1.00 bits per heavy atom. The third-order valence-corrected chi connectivity index (χ3v) is 3.94. The van der Waals surface area contributed by atoms with Gasteiger partial charge in [-0.25, -0.2) is 0 Å². The van der Waals surface area contributed by atoms with Crippen molar-refractivity contribution in [3.8, 4) is 0 Å². The van der Waals surface area contributed by atoms with Crippen molar-refractivity contribution in [2.45, 2.75) is 66.6 Å². The van der Waals surface area contributed by atoms with Crippen molar-refractivity contribution < 1.29 is 19.1 Å². The van der Waals surface area contributed by atoms with Gasteiger partial charge in [0.05, 0.1) is 13.2 Å². The molecule has 0 aromatic carbocycles. The predicted molar refractivity (Wildman–Crippen MR) is 101 cm³/mol. The Hall–Kier alpha value is 0.400. The Labute approximate surface area is 155 Å². The molecule has 21 heavy (non-hydrogen) atoms. The molecular weight excluding hydrogens is 498 g/mol. The van der Waals surface area contributed by atoms with Crippen molar-refractivity contribution in [3.05, 3.63) is 0 Å². The minimum absolute atomic E-state index is 0.0631. The van der Waals surface area contributed by atoms with E-state index in [0.29, 0.717) is 13.2 Å². The highest BCUT2D eigenvalue weighted by Gasteiger charge is 2.09. The van der Waals surface area contributed by atoms with E-state index in [4.69, 9.17) is 9.47 Å². The molecule has 0 bridgehead atoms. The Morgan fingerprint density at radius 3 is 1.29 bits per heavy atom. The van der Waals surface area contributed by atoms with Gasteiger partial charge in [-0.15, -0.1) is 0 Å². The molecule has 0 saturated heterocycles. The van der Waals surface area contributed by atoms with E-state index in [0.717, 1.165) is 25.7 Å². The molecule has 0 spiro atoms. The number of alkyl halides is 2. The number of unbranched alkanes of at least 4 members (excludes halogenated alkanes) is 6. The van der Waals surface area contributed by atoms with Gasteiger partial charge in [0.1, 0.15) is 7.85 Å². The molecular formula is C15H26I2O4. The fourth-order valence-electron chi connectivity index (χ4n) is 1.66. The second-order valence-corrected chi connectivity index (χ2v) is 8.78. The minimum Gasteiger partial charge on any atom is -0.465 e. The smallest absolute Gasteiger partial charge is 0.318 e. The van der Waals surface area contributed by atoms with E-state index in [1.165, 1.54) is 19.3 Å². The predicted octanol–water partition coefficient (Wildman–Crippen LogP) is 4.45. The van der Waals surface area contributed by atoms with E-state index >= 15 is 0 Å². The summed E-state index contributed by atoms with van der Waals surface area (Å²) in [5, 5.41) is 0. The quantitative estimate of drug-likeness (QED) is 0.164. The molecule has 2 atom stereocenters. The molecule has 0 amide bonds. The van der Waals surface area contributed by atoms with Gasteiger partial charge in [0.25, 0.3) is 0 Å². The lowest BCUT2D eigenvalue weighted by Crippen LogP contribution is -2.14. The summed E-state index contributed by atoms with van der Waals surface area (Å²) in [5.74, 6) is -0.239. The average Bonchev–Trinajstić information content (AvgIpc) is 2.43. The van der Waals surface area contributed by atoms with Gasteiger partial charge in [-0.3, -0.25) is 9.59 Å². The van der Waals surface area contributed by atoms with Crippen LogP contribution in [0.25, 0.3) is 0 Å². The summed E-state index contributed by atoms with van der Waals surface area (Å²) in [6, 6.07) is 0. The van der Waals surface area contributed by atoms with Gasteiger partial charge in [-0.1, -0.05) is 77.3 Å². The molecule has 4 nitrogen and oxygen atoms in total. The number of carbonyl (C=O) groups excluding carboxylic acids is 2. The number of hydrogen-bond acceptors (Lipinski definition) is 4. The third kappa shape index (κ3) is 13.8. The summed E-state index contributed by atoms with van der Waals surface area (Å²) in [4.78, 5) is 22.4. The second kappa shape index (κ2) is 14.0. The molecule has 0 rings (SSSR count). The zero-order valence-corrected chi connectivity index (χ0v) is 17.2. The highest BCUT2D eigenvalue weighted by Crippen LogP contribution is 2.09. The lowest BCUT2D eigenvalue weighted by molar-refractivity contribution is -0.143. The van der Waals surface area contributed by atoms with Gasteiger partial charge in [0, 0.05) is 0 Å². The number of hydrogen-bond donors (Lipinski definition) is 0. The van der Waals surface area contributed by atoms with Gasteiger partial charge in [-0.05, 0) is 26.7 Å². The molecule has 0 radical (unpaired) electrons. The van der Waals surface area contributed by atoms with E-state index in [1.54, 1.807) is 0 Å². The summed E-state index contributed by atoms with van der Waals surface area (Å²) in [7, 11) is 0. The normalized spacial score (nSPS) is 13.5. The molecule has 0 heterocycles. The minimum atomic E-state index is -0.119. The SMILES string of the molecule is CC(I)C(=O)OCCCCCCCCCOC(=O)C(C)I. The largest absolute Gasteiger partial charge is 0.465 e. The van der Waals surface area contributed by atoms with Crippen LogP contribution in [-0.2, 0) is 19.1 Å². The van der Waals surface area contributed by atoms with Crippen LogP contribution in [0.2, 0.25) is 0 Å². The average molecular weight is 524 g/mol. The zero-order chi connectivity index (χ0) is 16.1. The van der Waals surface area contributed by atoms with Crippen LogP contribution in [0.3, 0.4) is 0 Å². The first-order chi connectivity index (χ1) is 9.95. The van der Waals surface area contributed by atoms with Crippen molar-refractivity contribution in [3.63, 3.8) is 0 Å². The number of carbonyl (C=O) groups is 2. The molecule has 0 saturated carbocycles. The van der Waals surface area contributed by atoms with Crippen LogP contribution in [0.5, 0.6) is 0 Å². The second-order valence-electron chi connectivity index (χ2n) is 5.04. The molecule has 0 aliphatic rings. The Kier molecular flexibility index (Phi) is 14.3.